The standard InChI is InChI=1S/C24H28N4O3/c1-14(27-28-24(25)29)15-7-6-8-16(11-15)23-19-13-22(31-3)21(30-2)12-18(19)17-9-4-5-10-20(17)26-23/h6-8,11-13,17,20H,4-5,9-10H2,1-3H3,(H3,25,28,29)/b27-14+/t17-,20-/m1/s1. The number of nitrogens with one attached hydrogen (secondary N) is 1. The van der Waals surface area contributed by atoms with Crippen molar-refractivity contribution in [2.24, 2.45) is 15.8 Å². The van der Waals surface area contributed by atoms with Gasteiger partial charge in [-0.25, -0.2) is 10.2 Å². The molecule has 0 saturated heterocycles. The van der Waals surface area contributed by atoms with E-state index in [2.05, 4.69) is 22.7 Å². The Kier molecular flexibility index (Phi) is 5.93. The molecule has 4 rings (SSSR count). The van der Waals surface area contributed by atoms with Crippen molar-refractivity contribution in [3.8, 4) is 11.5 Å². The molecule has 1 heterocycles. The highest BCUT2D eigenvalue weighted by atomic mass is 16.5. The molecule has 3 N–H and O–H groups in total. The lowest BCUT2D eigenvalue weighted by molar-refractivity contribution is 0.249. The number of benzene rings is 2. The summed E-state index contributed by atoms with van der Waals surface area (Å²) in [5.74, 6) is 1.85. The Morgan fingerprint density at radius 2 is 1.87 bits per heavy atom. The number of carbonyl (C=O) groups is 1. The van der Waals surface area contributed by atoms with Gasteiger partial charge in [-0.05, 0) is 49.1 Å². The Bertz CT molecular complexity index is 1060. The third-order valence-corrected chi connectivity index (χ3v) is 6.12. The fraction of sp³-hybridized carbons (Fsp3) is 0.375. The van der Waals surface area contributed by atoms with Crippen LogP contribution in [0.15, 0.2) is 46.5 Å². The van der Waals surface area contributed by atoms with Crippen LogP contribution in [0.5, 0.6) is 11.5 Å². The number of methoxy groups -OCH3 is 2. The zero-order chi connectivity index (χ0) is 22.0. The van der Waals surface area contributed by atoms with Crippen LogP contribution in [0.3, 0.4) is 0 Å². The molecule has 2 aromatic carbocycles. The molecule has 162 valence electrons. The zero-order valence-corrected chi connectivity index (χ0v) is 18.1. The Balaban J connectivity index is 1.82. The largest absolute Gasteiger partial charge is 0.493 e. The van der Waals surface area contributed by atoms with Crippen LogP contribution in [0, 0.1) is 0 Å². The van der Waals surface area contributed by atoms with Gasteiger partial charge in [0.2, 0.25) is 0 Å². The van der Waals surface area contributed by atoms with Crippen LogP contribution in [0.25, 0.3) is 0 Å². The van der Waals surface area contributed by atoms with Crippen molar-refractivity contribution in [3.05, 3.63) is 58.7 Å². The van der Waals surface area contributed by atoms with E-state index in [-0.39, 0.29) is 6.04 Å². The highest BCUT2D eigenvalue weighted by molar-refractivity contribution is 6.16. The van der Waals surface area contributed by atoms with Gasteiger partial charge in [0.05, 0.1) is 31.7 Å². The summed E-state index contributed by atoms with van der Waals surface area (Å²) in [5.41, 5.74) is 13.3. The quantitative estimate of drug-likeness (QED) is 0.565. The summed E-state index contributed by atoms with van der Waals surface area (Å²) in [4.78, 5) is 16.2. The predicted molar refractivity (Wildman–Crippen MR) is 122 cm³/mol. The summed E-state index contributed by atoms with van der Waals surface area (Å²) >= 11 is 0. The maximum atomic E-state index is 11.0. The molecule has 1 aliphatic heterocycles. The number of primary amides is 1. The molecular weight excluding hydrogens is 392 g/mol. The lowest BCUT2D eigenvalue weighted by atomic mass is 9.75. The molecule has 31 heavy (non-hydrogen) atoms. The second-order valence-corrected chi connectivity index (χ2v) is 7.98. The van der Waals surface area contributed by atoms with Crippen LogP contribution in [0.4, 0.5) is 4.79 Å². The van der Waals surface area contributed by atoms with Crippen LogP contribution < -0.4 is 20.6 Å². The van der Waals surface area contributed by atoms with Crippen molar-refractivity contribution in [1.82, 2.24) is 5.43 Å². The number of hydrogen-bond donors (Lipinski definition) is 2. The van der Waals surface area contributed by atoms with Crippen molar-refractivity contribution in [2.75, 3.05) is 14.2 Å². The molecule has 7 nitrogen and oxygen atoms in total. The summed E-state index contributed by atoms with van der Waals surface area (Å²) < 4.78 is 11.2. The van der Waals surface area contributed by atoms with Crippen molar-refractivity contribution in [2.45, 2.75) is 44.6 Å². The Morgan fingerprint density at radius 1 is 1.13 bits per heavy atom. The van der Waals surface area contributed by atoms with Crippen LogP contribution in [0.2, 0.25) is 0 Å². The first-order valence-corrected chi connectivity index (χ1v) is 10.6. The fourth-order valence-electron chi connectivity index (χ4n) is 4.60. The average Bonchev–Trinajstić information content (AvgIpc) is 2.81. The highest BCUT2D eigenvalue weighted by Gasteiger charge is 2.34. The fourth-order valence-corrected chi connectivity index (χ4v) is 4.60. The smallest absolute Gasteiger partial charge is 0.332 e. The second-order valence-electron chi connectivity index (χ2n) is 7.98. The van der Waals surface area contributed by atoms with Gasteiger partial charge in [-0.1, -0.05) is 31.0 Å². The SMILES string of the molecule is COc1cc2c(cc1OC)[C@H]1CCCC[C@H]1N=C2c1cccc(/C(C)=N/NC(N)=O)c1. The lowest BCUT2D eigenvalue weighted by Gasteiger charge is -2.35. The number of amides is 2. The monoisotopic (exact) mass is 420 g/mol. The minimum atomic E-state index is -0.689. The third-order valence-electron chi connectivity index (χ3n) is 6.12. The molecule has 1 aliphatic carbocycles. The molecule has 0 bridgehead atoms. The van der Waals surface area contributed by atoms with Gasteiger partial charge in [0, 0.05) is 17.0 Å². The molecule has 0 spiro atoms. The van der Waals surface area contributed by atoms with Crippen molar-refractivity contribution in [1.29, 1.82) is 0 Å². The van der Waals surface area contributed by atoms with Gasteiger partial charge in [0.1, 0.15) is 0 Å². The van der Waals surface area contributed by atoms with Crippen molar-refractivity contribution in [3.63, 3.8) is 0 Å². The molecule has 2 atom stereocenters. The number of aliphatic imine (C=N–C) groups is 1. The highest BCUT2D eigenvalue weighted by Crippen LogP contribution is 2.44. The molecule has 7 heteroatoms. The number of fused-ring (bicyclic) bond motifs is 3. The van der Waals surface area contributed by atoms with Crippen LogP contribution in [-0.4, -0.2) is 37.7 Å². The van der Waals surface area contributed by atoms with Gasteiger partial charge in [-0.2, -0.15) is 5.10 Å². The van der Waals surface area contributed by atoms with Crippen LogP contribution >= 0.6 is 0 Å². The Labute approximate surface area is 182 Å². The van der Waals surface area contributed by atoms with E-state index >= 15 is 0 Å². The summed E-state index contributed by atoms with van der Waals surface area (Å²) in [6.07, 6.45) is 4.64. The van der Waals surface area contributed by atoms with E-state index in [1.165, 1.54) is 18.4 Å². The van der Waals surface area contributed by atoms with Crippen molar-refractivity contribution < 1.29 is 14.3 Å². The summed E-state index contributed by atoms with van der Waals surface area (Å²) in [6.45, 7) is 1.83. The number of hydrogen-bond acceptors (Lipinski definition) is 5. The van der Waals surface area contributed by atoms with E-state index in [9.17, 15) is 4.79 Å². The van der Waals surface area contributed by atoms with Gasteiger partial charge in [0.15, 0.2) is 11.5 Å². The molecular formula is C24H28N4O3. The molecule has 1 saturated carbocycles. The molecule has 0 unspecified atom stereocenters. The minimum Gasteiger partial charge on any atom is -0.493 e. The first kappa shape index (κ1) is 20.9. The number of ether oxygens (including phenoxy) is 2. The molecule has 2 amide bonds. The number of rotatable bonds is 5. The second kappa shape index (κ2) is 8.79. The summed E-state index contributed by atoms with van der Waals surface area (Å²) in [6, 6.07) is 11.8. The number of carbonyl (C=O) groups excluding carboxylic acids is 1. The van der Waals surface area contributed by atoms with E-state index in [0.717, 1.165) is 41.0 Å². The Hall–Kier alpha value is -3.35. The molecule has 0 radical (unpaired) electrons. The Morgan fingerprint density at radius 3 is 2.61 bits per heavy atom. The zero-order valence-electron chi connectivity index (χ0n) is 18.1. The normalized spacial score (nSPS) is 20.2. The van der Waals surface area contributed by atoms with E-state index in [0.29, 0.717) is 17.4 Å². The number of hydrazone groups is 1. The topological polar surface area (TPSA) is 98.3 Å². The van der Waals surface area contributed by atoms with Gasteiger partial charge in [-0.3, -0.25) is 4.99 Å². The van der Waals surface area contributed by atoms with Gasteiger partial charge in [0.25, 0.3) is 0 Å². The summed E-state index contributed by atoms with van der Waals surface area (Å²) in [7, 11) is 3.33. The van der Waals surface area contributed by atoms with Crippen molar-refractivity contribution >= 4 is 17.5 Å². The maximum absolute atomic E-state index is 11.0. The molecule has 2 aliphatic rings. The van der Waals surface area contributed by atoms with E-state index < -0.39 is 6.03 Å². The minimum absolute atomic E-state index is 0.268. The van der Waals surface area contributed by atoms with E-state index in [4.69, 9.17) is 20.2 Å². The van der Waals surface area contributed by atoms with E-state index in [1.807, 2.05) is 31.2 Å². The molecule has 2 aromatic rings. The molecule has 1 fully saturated rings. The number of nitrogens with two attached hydrogens (primary N) is 1. The van der Waals surface area contributed by atoms with Crippen LogP contribution in [0.1, 0.15) is 60.8 Å². The average molecular weight is 421 g/mol. The number of nitrogens with zero attached hydrogens (tertiary/aromatic N) is 2. The van der Waals surface area contributed by atoms with Crippen LogP contribution in [-0.2, 0) is 0 Å². The van der Waals surface area contributed by atoms with Gasteiger partial charge in [-0.15, -0.1) is 0 Å². The van der Waals surface area contributed by atoms with Gasteiger partial charge < -0.3 is 15.2 Å². The van der Waals surface area contributed by atoms with Gasteiger partial charge >= 0.3 is 6.03 Å². The third kappa shape index (κ3) is 4.13. The molecule has 0 aromatic heterocycles. The first-order valence-electron chi connectivity index (χ1n) is 10.6. The van der Waals surface area contributed by atoms with E-state index in [1.54, 1.807) is 14.2 Å². The number of urea groups is 1. The summed E-state index contributed by atoms with van der Waals surface area (Å²) in [5, 5.41) is 4.06. The maximum Gasteiger partial charge on any atom is 0.332 e. The predicted octanol–water partition coefficient (Wildman–Crippen LogP) is 3.97. The first-order chi connectivity index (χ1) is 15.0. The lowest BCUT2D eigenvalue weighted by Crippen LogP contribution is -2.29.